The van der Waals surface area contributed by atoms with Crippen LogP contribution in [-0.4, -0.2) is 58.6 Å². The quantitative estimate of drug-likeness (QED) is 0.322. The molecule has 2 aromatic heterocycles. The summed E-state index contributed by atoms with van der Waals surface area (Å²) in [5.74, 6) is -2.18. The predicted octanol–water partition coefficient (Wildman–Crippen LogP) is -2.01. The molecular weight excluding hydrogens is 524 g/mol. The fourth-order valence-electron chi connectivity index (χ4n) is 3.13. The number of thioether (sulfide) groups is 3. The Balaban J connectivity index is 0.00000289. The van der Waals surface area contributed by atoms with Crippen molar-refractivity contribution >= 4 is 75.7 Å². The second kappa shape index (κ2) is 9.90. The van der Waals surface area contributed by atoms with E-state index >= 15 is 0 Å². The van der Waals surface area contributed by atoms with E-state index < -0.39 is 21.5 Å². The minimum atomic E-state index is -1.49. The van der Waals surface area contributed by atoms with Crippen molar-refractivity contribution in [3.05, 3.63) is 20.6 Å². The molecule has 0 saturated carbocycles. The molecule has 1 fully saturated rings. The van der Waals surface area contributed by atoms with Gasteiger partial charge < -0.3 is 15.2 Å². The van der Waals surface area contributed by atoms with Crippen molar-refractivity contribution in [2.75, 3.05) is 0 Å². The number of aromatic nitrogens is 4. The largest absolute Gasteiger partial charge is 1.00 e. The predicted molar refractivity (Wildman–Crippen MR) is 117 cm³/mol. The van der Waals surface area contributed by atoms with Crippen LogP contribution in [0.1, 0.15) is 23.9 Å². The van der Waals surface area contributed by atoms with Gasteiger partial charge >= 0.3 is 29.6 Å². The number of aliphatic carboxylic acids is 1. The van der Waals surface area contributed by atoms with Crippen LogP contribution in [0, 0.1) is 13.8 Å². The zero-order valence-electron chi connectivity index (χ0n) is 17.6. The molecule has 16 heteroatoms. The van der Waals surface area contributed by atoms with Crippen LogP contribution in [0.2, 0.25) is 0 Å². The van der Waals surface area contributed by atoms with Gasteiger partial charge in [-0.05, 0) is 20.8 Å². The van der Waals surface area contributed by atoms with E-state index in [-0.39, 0.29) is 52.0 Å². The molecule has 0 radical (unpaired) electrons. The number of rotatable bonds is 6. The van der Waals surface area contributed by atoms with Crippen LogP contribution in [0.5, 0.6) is 0 Å². The van der Waals surface area contributed by atoms with Gasteiger partial charge in [0.1, 0.15) is 25.5 Å². The molecule has 2 unspecified atom stereocenters. The summed E-state index contributed by atoms with van der Waals surface area (Å²) in [7, 11) is 0. The van der Waals surface area contributed by atoms with Gasteiger partial charge in [-0.2, -0.15) is 0 Å². The minimum Gasteiger partial charge on any atom is -0.543 e. The van der Waals surface area contributed by atoms with Crippen LogP contribution in [-0.2, 0) is 14.4 Å². The molecule has 0 spiro atoms. The van der Waals surface area contributed by atoms with Crippen LogP contribution in [0.4, 0.5) is 0 Å². The molecule has 0 aromatic carbocycles. The molecule has 2 aliphatic heterocycles. The number of β-lactam (4-membered cyclic amide) rings is 1. The molecule has 0 aliphatic carbocycles. The number of carboxylic acid groups (broad SMARTS) is 1. The third-order valence-corrected chi connectivity index (χ3v) is 10.4. The summed E-state index contributed by atoms with van der Waals surface area (Å²) in [6.07, 6.45) is 0. The Kier molecular flexibility index (Phi) is 8.02. The van der Waals surface area contributed by atoms with E-state index in [1.807, 2.05) is 6.92 Å². The first-order valence-electron chi connectivity index (χ1n) is 8.79. The normalized spacial score (nSPS) is 24.5. The molecule has 2 aromatic rings. The Morgan fingerprint density at radius 1 is 1.12 bits per heavy atom. The standard InChI is InChI=1S/C16H16N6O4S5.Na/c1-5(23)17-16(4)10(30-15-21-19-7(3)28-15)8(13(25)26)22-11(24)9(12(22)31-16)29-14-20-18-6(2)27-14;/h9,12H,1-4H3,(H,17,23)(H,25,26);/q;+1/p-1/t9?,12-,16?;/m1./s1. The van der Waals surface area contributed by atoms with Crippen molar-refractivity contribution in [2.24, 2.45) is 0 Å². The molecule has 32 heavy (non-hydrogen) atoms. The van der Waals surface area contributed by atoms with Crippen LogP contribution < -0.4 is 40.0 Å². The summed E-state index contributed by atoms with van der Waals surface area (Å²) in [5.41, 5.74) is -0.256. The van der Waals surface area contributed by atoms with Crippen molar-refractivity contribution in [1.29, 1.82) is 0 Å². The summed E-state index contributed by atoms with van der Waals surface area (Å²) < 4.78 is 1.13. The van der Waals surface area contributed by atoms with Gasteiger partial charge in [-0.3, -0.25) is 14.5 Å². The fourth-order valence-corrected chi connectivity index (χ4v) is 9.19. The molecule has 4 rings (SSSR count). The first-order chi connectivity index (χ1) is 14.6. The molecule has 164 valence electrons. The smallest absolute Gasteiger partial charge is 0.543 e. The number of carbonyl (C=O) groups is 3. The van der Waals surface area contributed by atoms with Crippen LogP contribution >= 0.6 is 58.0 Å². The first kappa shape index (κ1) is 25.9. The molecule has 2 aliphatic rings. The second-order valence-electron chi connectivity index (χ2n) is 6.71. The van der Waals surface area contributed by atoms with Gasteiger partial charge in [-0.15, -0.1) is 32.2 Å². The van der Waals surface area contributed by atoms with Gasteiger partial charge in [0.15, 0.2) is 8.68 Å². The van der Waals surface area contributed by atoms with Crippen molar-refractivity contribution in [3.8, 4) is 0 Å². The van der Waals surface area contributed by atoms with Crippen molar-refractivity contribution < 1.29 is 49.0 Å². The molecule has 1 saturated heterocycles. The number of carbonyl (C=O) groups excluding carboxylic acids is 3. The average Bonchev–Trinajstić information content (AvgIpc) is 3.28. The van der Waals surface area contributed by atoms with Gasteiger partial charge in [0.25, 0.3) is 0 Å². The monoisotopic (exact) mass is 538 g/mol. The molecule has 2 amide bonds. The maximum atomic E-state index is 13.0. The fraction of sp³-hybridized carbons (Fsp3) is 0.438. The number of nitrogens with one attached hydrogen (secondary N) is 1. The van der Waals surface area contributed by atoms with Gasteiger partial charge in [0.2, 0.25) is 11.8 Å². The molecule has 0 bridgehead atoms. The van der Waals surface area contributed by atoms with Crippen LogP contribution in [0.3, 0.4) is 0 Å². The molecule has 4 heterocycles. The maximum absolute atomic E-state index is 13.0. The number of fused-ring (bicyclic) bond motifs is 1. The zero-order chi connectivity index (χ0) is 22.5. The van der Waals surface area contributed by atoms with E-state index in [1.165, 1.54) is 58.0 Å². The van der Waals surface area contributed by atoms with Gasteiger partial charge in [0, 0.05) is 6.92 Å². The summed E-state index contributed by atoms with van der Waals surface area (Å²) in [5, 5.41) is 31.4. The molecule has 3 atom stereocenters. The Morgan fingerprint density at radius 3 is 2.22 bits per heavy atom. The van der Waals surface area contributed by atoms with E-state index in [9.17, 15) is 19.5 Å². The Morgan fingerprint density at radius 2 is 1.72 bits per heavy atom. The summed E-state index contributed by atoms with van der Waals surface area (Å²) in [4.78, 5) is 37.5. The SMILES string of the molecule is CC(=O)NC1(C)S[C@@H]2C(Sc3nnc(C)s3)C(=O)N2C(C(=O)[O-])=C1Sc1nnc(C)s1.[Na+]. The van der Waals surface area contributed by atoms with Crippen LogP contribution in [0.15, 0.2) is 19.3 Å². The first-order valence-corrected chi connectivity index (χ1v) is 13.0. The van der Waals surface area contributed by atoms with Crippen LogP contribution in [0.25, 0.3) is 0 Å². The van der Waals surface area contributed by atoms with Crippen molar-refractivity contribution in [1.82, 2.24) is 30.6 Å². The number of aryl methyl sites for hydroxylation is 2. The van der Waals surface area contributed by atoms with E-state index in [1.54, 1.807) is 13.8 Å². The topological polar surface area (TPSA) is 141 Å². The van der Waals surface area contributed by atoms with Gasteiger partial charge in [0.05, 0.1) is 16.6 Å². The van der Waals surface area contributed by atoms with Crippen molar-refractivity contribution in [3.63, 3.8) is 0 Å². The molecule has 10 nitrogen and oxygen atoms in total. The molecule has 1 N–H and O–H groups in total. The summed E-state index contributed by atoms with van der Waals surface area (Å²) >= 11 is 6.26. The second-order valence-corrected chi connectivity index (χ2v) is 13.3. The third-order valence-electron chi connectivity index (χ3n) is 4.28. The summed E-state index contributed by atoms with van der Waals surface area (Å²) in [6.45, 7) is 6.67. The van der Waals surface area contributed by atoms with E-state index in [0.717, 1.165) is 16.8 Å². The third kappa shape index (κ3) is 4.89. The average molecular weight is 539 g/mol. The minimum absolute atomic E-state index is 0. The van der Waals surface area contributed by atoms with E-state index in [4.69, 9.17) is 0 Å². The van der Waals surface area contributed by atoms with E-state index in [2.05, 4.69) is 25.7 Å². The zero-order valence-corrected chi connectivity index (χ0v) is 23.6. The molecular formula is C16H15N6NaO4S5. The Hall–Kier alpha value is -0.680. The number of hydrogen-bond acceptors (Lipinski definition) is 13. The maximum Gasteiger partial charge on any atom is 1.00 e. The number of nitrogens with zero attached hydrogens (tertiary/aromatic N) is 5. The number of amides is 2. The number of hydrogen-bond donors (Lipinski definition) is 1. The van der Waals surface area contributed by atoms with Crippen molar-refractivity contribution in [2.45, 2.75) is 51.9 Å². The van der Waals surface area contributed by atoms with Gasteiger partial charge in [-0.25, -0.2) is 0 Å². The van der Waals surface area contributed by atoms with E-state index in [0.29, 0.717) is 13.7 Å². The Labute approximate surface area is 226 Å². The van der Waals surface area contributed by atoms with Gasteiger partial charge in [-0.1, -0.05) is 46.2 Å². The summed E-state index contributed by atoms with van der Waals surface area (Å²) in [6, 6.07) is 0. The Bertz CT molecular complexity index is 1120. The number of carboxylic acids is 1.